The molecule has 174 valence electrons. The summed E-state index contributed by atoms with van der Waals surface area (Å²) in [7, 11) is 0. The van der Waals surface area contributed by atoms with Gasteiger partial charge in [0.25, 0.3) is 5.91 Å². The number of nitrogen functional groups attached to an aromatic ring is 1. The lowest BCUT2D eigenvalue weighted by Crippen LogP contribution is -2.58. The lowest BCUT2D eigenvalue weighted by Gasteiger charge is -2.46. The van der Waals surface area contributed by atoms with Crippen LogP contribution in [0, 0.1) is 11.8 Å². The summed E-state index contributed by atoms with van der Waals surface area (Å²) in [5, 5.41) is 43.7. The molecule has 0 saturated heterocycles. The molecule has 1 heterocycles. The Morgan fingerprint density at radius 1 is 1.15 bits per heavy atom. The second kappa shape index (κ2) is 7.16. The maximum atomic E-state index is 13.5. The fourth-order valence-corrected chi connectivity index (χ4v) is 5.46. The van der Waals surface area contributed by atoms with E-state index in [1.807, 2.05) is 0 Å². The number of amides is 1. The zero-order chi connectivity index (χ0) is 24.5. The molecule has 5 rings (SSSR count). The van der Waals surface area contributed by atoms with Gasteiger partial charge in [0.15, 0.2) is 11.4 Å². The fourth-order valence-electron chi connectivity index (χ4n) is 5.46. The van der Waals surface area contributed by atoms with Crippen molar-refractivity contribution in [3.8, 4) is 17.0 Å². The van der Waals surface area contributed by atoms with Crippen LogP contribution in [0.5, 0.6) is 5.75 Å². The highest BCUT2D eigenvalue weighted by Crippen LogP contribution is 2.53. The van der Waals surface area contributed by atoms with Gasteiger partial charge in [-0.05, 0) is 42.5 Å². The summed E-state index contributed by atoms with van der Waals surface area (Å²) in [5.41, 5.74) is 9.03. The van der Waals surface area contributed by atoms with Crippen molar-refractivity contribution in [3.63, 3.8) is 0 Å². The van der Waals surface area contributed by atoms with Gasteiger partial charge in [-0.15, -0.1) is 0 Å². The van der Waals surface area contributed by atoms with Crippen LogP contribution >= 0.6 is 0 Å². The average molecular weight is 463 g/mol. The Labute approximate surface area is 192 Å². The number of benzene rings is 1. The third-order valence-electron chi connectivity index (χ3n) is 7.03. The first-order valence-electron chi connectivity index (χ1n) is 10.6. The Morgan fingerprint density at radius 2 is 1.88 bits per heavy atom. The molecular weight excluding hydrogens is 442 g/mol. The fraction of sp³-hybridized carbons (Fsp3) is 0.250. The van der Waals surface area contributed by atoms with Crippen LogP contribution < -0.4 is 11.5 Å². The summed E-state index contributed by atoms with van der Waals surface area (Å²) < 4.78 is 0. The second-order valence-electron chi connectivity index (χ2n) is 8.84. The molecule has 0 aliphatic heterocycles. The number of aliphatic hydroxyl groups excluding tert-OH is 2. The molecule has 1 aromatic carbocycles. The Hall–Kier alpha value is -4.18. The van der Waals surface area contributed by atoms with Crippen LogP contribution in [0.4, 0.5) is 5.69 Å². The number of aromatic hydroxyl groups is 1. The third kappa shape index (κ3) is 2.72. The molecule has 1 amide bonds. The third-order valence-corrected chi connectivity index (χ3v) is 7.03. The highest BCUT2D eigenvalue weighted by atomic mass is 16.3. The van der Waals surface area contributed by atoms with Crippen molar-refractivity contribution in [1.82, 2.24) is 4.98 Å². The van der Waals surface area contributed by atoms with Crippen LogP contribution in [-0.4, -0.2) is 48.5 Å². The molecule has 3 aliphatic carbocycles. The van der Waals surface area contributed by atoms with Crippen molar-refractivity contribution in [3.05, 3.63) is 58.5 Å². The normalized spacial score (nSPS) is 26.1. The average Bonchev–Trinajstić information content (AvgIpc) is 2.79. The molecule has 3 aliphatic rings. The van der Waals surface area contributed by atoms with Crippen molar-refractivity contribution in [2.75, 3.05) is 5.73 Å². The molecule has 1 aromatic heterocycles. The number of phenols is 1. The topological polar surface area (TPSA) is 197 Å². The number of fused-ring (bicyclic) bond motifs is 3. The largest absolute Gasteiger partial charge is 0.508 e. The standard InChI is InChI=1S/C24H21N3O7/c25-13-8-11(14-3-1-2-4-27-14)12-6-9-5-10-7-15(28)18(23(26)33)22(32)24(10,34)21(31)16(9)20(30)17(12)19(13)29/h1-4,8-10,29-30,32,34H,5-7,25H2,(H2,26,33). The van der Waals surface area contributed by atoms with E-state index in [4.69, 9.17) is 11.5 Å². The van der Waals surface area contributed by atoms with Gasteiger partial charge in [0.05, 0.1) is 16.9 Å². The van der Waals surface area contributed by atoms with Crippen molar-refractivity contribution < 1.29 is 34.8 Å². The van der Waals surface area contributed by atoms with E-state index in [1.165, 1.54) is 6.07 Å². The summed E-state index contributed by atoms with van der Waals surface area (Å²) in [4.78, 5) is 42.0. The van der Waals surface area contributed by atoms with Crippen LogP contribution in [-0.2, 0) is 20.8 Å². The summed E-state index contributed by atoms with van der Waals surface area (Å²) >= 11 is 0. The van der Waals surface area contributed by atoms with Crippen LogP contribution in [0.3, 0.4) is 0 Å². The molecule has 0 spiro atoms. The van der Waals surface area contributed by atoms with Crippen molar-refractivity contribution >= 4 is 28.9 Å². The van der Waals surface area contributed by atoms with E-state index in [-0.39, 0.29) is 36.1 Å². The van der Waals surface area contributed by atoms with Crippen molar-refractivity contribution in [2.45, 2.75) is 24.9 Å². The molecule has 1 fully saturated rings. The molecular formula is C24H21N3O7. The molecule has 8 N–H and O–H groups in total. The Morgan fingerprint density at radius 3 is 2.53 bits per heavy atom. The predicted octanol–water partition coefficient (Wildman–Crippen LogP) is 1.07. The molecule has 3 atom stereocenters. The molecule has 10 heteroatoms. The predicted molar refractivity (Wildman–Crippen MR) is 119 cm³/mol. The van der Waals surface area contributed by atoms with E-state index in [1.54, 1.807) is 24.4 Å². The number of hydrogen-bond donors (Lipinski definition) is 6. The number of carbonyl (C=O) groups excluding carboxylic acids is 3. The van der Waals surface area contributed by atoms with E-state index < -0.39 is 57.8 Å². The minimum absolute atomic E-state index is 0.0492. The Kier molecular flexibility index (Phi) is 4.56. The van der Waals surface area contributed by atoms with E-state index >= 15 is 0 Å². The van der Waals surface area contributed by atoms with Gasteiger partial charge in [-0.3, -0.25) is 19.4 Å². The number of ketones is 2. The van der Waals surface area contributed by atoms with Gasteiger partial charge in [0.1, 0.15) is 22.8 Å². The Bertz CT molecular complexity index is 1360. The number of hydrogen-bond acceptors (Lipinski definition) is 9. The van der Waals surface area contributed by atoms with Crippen LogP contribution in [0.15, 0.2) is 47.4 Å². The number of nitrogens with two attached hydrogens (primary N) is 2. The number of aromatic nitrogens is 1. The molecule has 2 aromatic rings. The zero-order valence-electron chi connectivity index (χ0n) is 17.8. The zero-order valence-corrected chi connectivity index (χ0v) is 17.8. The smallest absolute Gasteiger partial charge is 0.255 e. The Balaban J connectivity index is 1.74. The van der Waals surface area contributed by atoms with Gasteiger partial charge < -0.3 is 31.9 Å². The first-order valence-corrected chi connectivity index (χ1v) is 10.6. The number of nitrogens with zero attached hydrogens (tertiary/aromatic N) is 1. The van der Waals surface area contributed by atoms with E-state index in [0.29, 0.717) is 16.8 Å². The number of phenolic OH excluding ortho intramolecular Hbond substituents is 1. The van der Waals surface area contributed by atoms with Gasteiger partial charge in [-0.2, -0.15) is 0 Å². The minimum atomic E-state index is -2.60. The van der Waals surface area contributed by atoms with E-state index in [0.717, 1.165) is 0 Å². The maximum absolute atomic E-state index is 13.5. The monoisotopic (exact) mass is 463 g/mol. The minimum Gasteiger partial charge on any atom is -0.508 e. The van der Waals surface area contributed by atoms with Gasteiger partial charge >= 0.3 is 0 Å². The highest BCUT2D eigenvalue weighted by molar-refractivity contribution is 6.22. The maximum Gasteiger partial charge on any atom is 0.255 e. The number of pyridine rings is 1. The summed E-state index contributed by atoms with van der Waals surface area (Å²) in [5.74, 6) is -6.87. The number of carbonyl (C=O) groups is 3. The van der Waals surface area contributed by atoms with Crippen molar-refractivity contribution in [1.29, 1.82) is 0 Å². The van der Waals surface area contributed by atoms with Crippen LogP contribution in [0.25, 0.3) is 17.0 Å². The van der Waals surface area contributed by atoms with Gasteiger partial charge in [-0.25, -0.2) is 0 Å². The second-order valence-corrected chi connectivity index (χ2v) is 8.84. The number of primary amides is 1. The van der Waals surface area contributed by atoms with Crippen LogP contribution in [0.2, 0.25) is 0 Å². The van der Waals surface area contributed by atoms with Crippen molar-refractivity contribution in [2.24, 2.45) is 17.6 Å². The summed E-state index contributed by atoms with van der Waals surface area (Å²) in [6, 6.07) is 6.77. The molecule has 0 bridgehead atoms. The van der Waals surface area contributed by atoms with Crippen LogP contribution in [0.1, 0.15) is 24.0 Å². The number of Topliss-reactive ketones (excluding diaryl/α,β-unsaturated/α-hetero) is 2. The molecule has 1 saturated carbocycles. The molecule has 0 radical (unpaired) electrons. The van der Waals surface area contributed by atoms with E-state index in [2.05, 4.69) is 4.98 Å². The van der Waals surface area contributed by atoms with Gasteiger partial charge in [0.2, 0.25) is 5.78 Å². The van der Waals surface area contributed by atoms with Gasteiger partial charge in [-0.1, -0.05) is 6.07 Å². The first kappa shape index (κ1) is 21.7. The molecule has 34 heavy (non-hydrogen) atoms. The number of rotatable bonds is 2. The quantitative estimate of drug-likeness (QED) is 0.214. The lowest BCUT2D eigenvalue weighted by molar-refractivity contribution is -0.147. The highest BCUT2D eigenvalue weighted by Gasteiger charge is 2.60. The van der Waals surface area contributed by atoms with E-state index in [9.17, 15) is 34.8 Å². The SMILES string of the molecule is NC(=O)C1=C(O)C2(O)C(=O)C3=C(O)c4c(O)c(N)cc(-c5ccccn5)c4CC3CC2CC1=O. The summed E-state index contributed by atoms with van der Waals surface area (Å²) in [6.07, 6.45) is 1.43. The first-order chi connectivity index (χ1) is 16.1. The number of aliphatic hydroxyl groups is 3. The molecule has 3 unspecified atom stereocenters. The lowest BCUT2D eigenvalue weighted by atomic mass is 9.59. The summed E-state index contributed by atoms with van der Waals surface area (Å²) in [6.45, 7) is 0. The van der Waals surface area contributed by atoms with Gasteiger partial charge in [0, 0.05) is 29.7 Å². The molecule has 10 nitrogen and oxygen atoms in total. The number of anilines is 1.